The Balaban J connectivity index is 2.11. The van der Waals surface area contributed by atoms with Crippen molar-refractivity contribution in [1.29, 1.82) is 0 Å². The second-order valence-electron chi connectivity index (χ2n) is 7.10. The van der Waals surface area contributed by atoms with Gasteiger partial charge in [-0.25, -0.2) is 4.99 Å². The summed E-state index contributed by atoms with van der Waals surface area (Å²) in [5.41, 5.74) is -0.348. The molecule has 0 spiro atoms. The highest BCUT2D eigenvalue weighted by Crippen LogP contribution is 2.30. The Morgan fingerprint density at radius 2 is 2.00 bits per heavy atom. The van der Waals surface area contributed by atoms with E-state index in [1.54, 1.807) is 24.3 Å². The first-order valence-electron chi connectivity index (χ1n) is 9.95. The van der Waals surface area contributed by atoms with Crippen molar-refractivity contribution >= 4 is 17.6 Å². The zero-order chi connectivity index (χ0) is 23.9. The lowest BCUT2D eigenvalue weighted by molar-refractivity contribution is -0.133. The molecule has 2 amide bonds. The summed E-state index contributed by atoms with van der Waals surface area (Å²) in [6.07, 6.45) is -2.61. The van der Waals surface area contributed by atoms with E-state index in [0.29, 0.717) is 17.7 Å². The maximum absolute atomic E-state index is 13.5. The van der Waals surface area contributed by atoms with Gasteiger partial charge in [0.15, 0.2) is 6.61 Å². The first kappa shape index (κ1) is 25.1. The molecule has 1 saturated heterocycles. The molecule has 174 valence electrons. The molecule has 7 nitrogen and oxygen atoms in total. The normalized spacial score (nSPS) is 17.3. The topological polar surface area (TPSA) is 82.4 Å². The molecule has 0 saturated carbocycles. The summed E-state index contributed by atoms with van der Waals surface area (Å²) in [6, 6.07) is 5.90. The van der Waals surface area contributed by atoms with Gasteiger partial charge in [-0.2, -0.15) is 13.2 Å². The third kappa shape index (κ3) is 6.19. The van der Waals surface area contributed by atoms with Crippen LogP contribution in [0.5, 0.6) is 5.75 Å². The summed E-state index contributed by atoms with van der Waals surface area (Å²) in [6.45, 7) is 5.68. The zero-order valence-corrected chi connectivity index (χ0v) is 17.9. The van der Waals surface area contributed by atoms with Crippen molar-refractivity contribution in [2.24, 2.45) is 4.99 Å². The van der Waals surface area contributed by atoms with Gasteiger partial charge in [-0.1, -0.05) is 24.8 Å². The van der Waals surface area contributed by atoms with Gasteiger partial charge >= 0.3 is 6.18 Å². The number of nitrogens with zero attached hydrogens (tertiary/aromatic N) is 3. The second-order valence-corrected chi connectivity index (χ2v) is 7.10. The molecule has 1 aromatic carbocycles. The number of ether oxygens (including phenoxy) is 1. The molecule has 32 heavy (non-hydrogen) atoms. The molecule has 10 heteroatoms. The number of benzene rings is 1. The molecule has 1 aromatic rings. The van der Waals surface area contributed by atoms with E-state index in [1.807, 2.05) is 0 Å². The highest BCUT2D eigenvalue weighted by molar-refractivity contribution is 6.08. The molecular weight excluding hydrogens is 427 g/mol. The number of amides is 2. The molecule has 0 bridgehead atoms. The average molecular weight is 453 g/mol. The predicted octanol–water partition coefficient (Wildman–Crippen LogP) is 3.06. The summed E-state index contributed by atoms with van der Waals surface area (Å²) >= 11 is 0. The Hall–Kier alpha value is -3.14. The summed E-state index contributed by atoms with van der Waals surface area (Å²) in [7, 11) is 0. The van der Waals surface area contributed by atoms with Gasteiger partial charge in [0.1, 0.15) is 11.6 Å². The Bertz CT molecular complexity index is 895. The van der Waals surface area contributed by atoms with Gasteiger partial charge in [0, 0.05) is 26.2 Å². The highest BCUT2D eigenvalue weighted by atomic mass is 19.4. The number of aliphatic hydroxyl groups is 1. The van der Waals surface area contributed by atoms with E-state index in [2.05, 4.69) is 11.6 Å². The molecule has 0 aromatic heterocycles. The van der Waals surface area contributed by atoms with Gasteiger partial charge in [0.2, 0.25) is 5.91 Å². The van der Waals surface area contributed by atoms with E-state index in [0.717, 1.165) is 24.1 Å². The lowest BCUT2D eigenvalue weighted by Crippen LogP contribution is -2.48. The molecule has 1 aliphatic heterocycles. The lowest BCUT2D eigenvalue weighted by Gasteiger charge is -2.30. The predicted molar refractivity (Wildman–Crippen MR) is 113 cm³/mol. The van der Waals surface area contributed by atoms with Gasteiger partial charge in [0.25, 0.3) is 5.91 Å². The molecule has 1 atom stereocenters. The van der Waals surface area contributed by atoms with Gasteiger partial charge in [-0.3, -0.25) is 14.5 Å². The van der Waals surface area contributed by atoms with Crippen LogP contribution in [0.3, 0.4) is 0 Å². The van der Waals surface area contributed by atoms with Crippen molar-refractivity contribution in [3.63, 3.8) is 0 Å². The number of hydrogen-bond donors (Lipinski definition) is 1. The third-order valence-corrected chi connectivity index (χ3v) is 4.97. The maximum Gasteiger partial charge on any atom is 0.419 e. The number of aliphatic hydroxyl groups excluding tert-OH is 1. The largest absolute Gasteiger partial charge is 0.484 e. The van der Waals surface area contributed by atoms with Crippen LogP contribution in [0.25, 0.3) is 0 Å². The number of amidine groups is 1. The molecule has 1 aliphatic rings. The quantitative estimate of drug-likeness (QED) is 0.508. The minimum Gasteiger partial charge on any atom is -0.484 e. The molecule has 2 rings (SSSR count). The van der Waals surface area contributed by atoms with Crippen LogP contribution in [-0.2, 0) is 16.2 Å². The SMILES string of the molecule is C=C/N=C(\C(=C/C)C(F)(F)F)N(C(C)=O)[C@@H]1CCN(C(=O)COc2ccc(CO)cc2)C1. The van der Waals surface area contributed by atoms with Gasteiger partial charge in [0.05, 0.1) is 18.2 Å². The van der Waals surface area contributed by atoms with E-state index >= 15 is 0 Å². The van der Waals surface area contributed by atoms with Crippen molar-refractivity contribution in [1.82, 2.24) is 9.80 Å². The minimum absolute atomic E-state index is 0.0518. The number of allylic oxidation sites excluding steroid dienone is 1. The van der Waals surface area contributed by atoms with Gasteiger partial charge in [-0.15, -0.1) is 0 Å². The smallest absolute Gasteiger partial charge is 0.419 e. The molecule has 1 heterocycles. The van der Waals surface area contributed by atoms with Crippen LogP contribution in [0.1, 0.15) is 25.8 Å². The standard InChI is InChI=1S/C22H26F3N3O4/c1-4-19(22(23,24)25)21(26-5-2)28(15(3)30)17-10-11-27(12-17)20(31)14-32-18-8-6-16(13-29)7-9-18/h4-9,17,29H,2,10-14H2,1,3H3/b19-4+,26-21+/t17-/m1/s1. The minimum atomic E-state index is -4.71. The Morgan fingerprint density at radius 3 is 2.50 bits per heavy atom. The van der Waals surface area contributed by atoms with Gasteiger partial charge < -0.3 is 14.7 Å². The average Bonchev–Trinajstić information content (AvgIpc) is 3.21. The van der Waals surface area contributed by atoms with Crippen molar-refractivity contribution < 1.29 is 32.6 Å². The fourth-order valence-corrected chi connectivity index (χ4v) is 3.45. The summed E-state index contributed by atoms with van der Waals surface area (Å²) < 4.78 is 46.0. The molecule has 0 unspecified atom stereocenters. The van der Waals surface area contributed by atoms with Crippen LogP contribution >= 0.6 is 0 Å². The number of halogens is 3. The number of carbonyl (C=O) groups excluding carboxylic acids is 2. The molecule has 1 fully saturated rings. The number of hydrogen-bond acceptors (Lipinski definition) is 5. The van der Waals surface area contributed by atoms with E-state index in [4.69, 9.17) is 9.84 Å². The van der Waals surface area contributed by atoms with E-state index in [9.17, 15) is 22.8 Å². The van der Waals surface area contributed by atoms with Crippen LogP contribution in [-0.4, -0.2) is 64.5 Å². The van der Waals surface area contributed by atoms with Crippen LogP contribution in [0, 0.1) is 0 Å². The summed E-state index contributed by atoms with van der Waals surface area (Å²) in [4.78, 5) is 31.0. The van der Waals surface area contributed by atoms with E-state index in [-0.39, 0.29) is 32.2 Å². The van der Waals surface area contributed by atoms with Crippen LogP contribution in [0.15, 0.2) is 53.7 Å². The monoisotopic (exact) mass is 453 g/mol. The first-order valence-corrected chi connectivity index (χ1v) is 9.95. The maximum atomic E-state index is 13.5. The van der Waals surface area contributed by atoms with E-state index < -0.39 is 29.5 Å². The molecule has 1 N–H and O–H groups in total. The fourth-order valence-electron chi connectivity index (χ4n) is 3.45. The van der Waals surface area contributed by atoms with Crippen LogP contribution in [0.2, 0.25) is 0 Å². The number of carbonyl (C=O) groups is 2. The third-order valence-electron chi connectivity index (χ3n) is 4.97. The fraction of sp³-hybridized carbons (Fsp3) is 0.409. The van der Waals surface area contributed by atoms with Crippen molar-refractivity contribution in [3.05, 3.63) is 54.3 Å². The summed E-state index contributed by atoms with van der Waals surface area (Å²) in [5.74, 6) is -1.07. The zero-order valence-electron chi connectivity index (χ0n) is 17.9. The number of rotatable bonds is 7. The summed E-state index contributed by atoms with van der Waals surface area (Å²) in [5, 5.41) is 9.06. The number of likely N-dealkylation sites (tertiary alicyclic amines) is 1. The molecule has 0 radical (unpaired) electrons. The van der Waals surface area contributed by atoms with Crippen LogP contribution in [0.4, 0.5) is 13.2 Å². The highest BCUT2D eigenvalue weighted by Gasteiger charge is 2.42. The molecular formula is C22H26F3N3O4. The molecule has 0 aliphatic carbocycles. The van der Waals surface area contributed by atoms with Crippen molar-refractivity contribution in [2.75, 3.05) is 19.7 Å². The second kappa shape index (κ2) is 10.9. The van der Waals surface area contributed by atoms with Crippen LogP contribution < -0.4 is 4.74 Å². The Morgan fingerprint density at radius 1 is 1.34 bits per heavy atom. The Kier molecular flexibility index (Phi) is 8.59. The van der Waals surface area contributed by atoms with E-state index in [1.165, 1.54) is 11.8 Å². The first-order chi connectivity index (χ1) is 15.1. The number of alkyl halides is 3. The van der Waals surface area contributed by atoms with Crippen molar-refractivity contribution in [3.8, 4) is 5.75 Å². The van der Waals surface area contributed by atoms with Gasteiger partial charge in [-0.05, 0) is 31.0 Å². The number of aliphatic imine (C=N–C) groups is 1. The lowest BCUT2D eigenvalue weighted by atomic mass is 10.1. The Labute approximate surface area is 184 Å². The van der Waals surface area contributed by atoms with Crippen molar-refractivity contribution in [2.45, 2.75) is 39.1 Å².